The van der Waals surface area contributed by atoms with E-state index in [-0.39, 0.29) is 0 Å². The van der Waals surface area contributed by atoms with Crippen LogP contribution < -0.4 is 9.64 Å². The Bertz CT molecular complexity index is 954. The first-order chi connectivity index (χ1) is 13.0. The molecule has 3 aromatic rings. The van der Waals surface area contributed by atoms with Crippen molar-refractivity contribution < 1.29 is 22.4 Å². The molecule has 0 spiro atoms. The fourth-order valence-corrected chi connectivity index (χ4v) is 3.06. The monoisotopic (exact) mass is 376 g/mol. The lowest BCUT2D eigenvalue weighted by Crippen LogP contribution is -2.30. The van der Waals surface area contributed by atoms with E-state index in [4.69, 9.17) is 9.26 Å². The Labute approximate surface area is 152 Å². The average molecular weight is 376 g/mol. The zero-order valence-corrected chi connectivity index (χ0v) is 14.3. The molecule has 0 radical (unpaired) electrons. The molecule has 2 aromatic heterocycles. The second-order valence-corrected chi connectivity index (χ2v) is 6.10. The molecule has 140 valence electrons. The Morgan fingerprint density at radius 1 is 1.15 bits per heavy atom. The zero-order valence-electron chi connectivity index (χ0n) is 14.3. The first-order valence-corrected chi connectivity index (χ1v) is 8.22. The van der Waals surface area contributed by atoms with E-state index in [0.29, 0.717) is 42.5 Å². The molecule has 9 heteroatoms. The van der Waals surface area contributed by atoms with Crippen LogP contribution in [0.1, 0.15) is 16.9 Å². The highest BCUT2D eigenvalue weighted by atomic mass is 19.4. The number of aromatic nitrogens is 3. The minimum atomic E-state index is -4.37. The Morgan fingerprint density at radius 2 is 1.93 bits per heavy atom. The summed E-state index contributed by atoms with van der Waals surface area (Å²) >= 11 is 0. The van der Waals surface area contributed by atoms with Crippen LogP contribution in [0.2, 0.25) is 0 Å². The van der Waals surface area contributed by atoms with Crippen molar-refractivity contribution >= 4 is 5.82 Å². The van der Waals surface area contributed by atoms with E-state index in [1.165, 1.54) is 25.6 Å². The number of alkyl halides is 3. The molecule has 27 heavy (non-hydrogen) atoms. The number of benzene rings is 1. The lowest BCUT2D eigenvalue weighted by atomic mass is 10.0. The second-order valence-electron chi connectivity index (χ2n) is 6.10. The van der Waals surface area contributed by atoms with Gasteiger partial charge < -0.3 is 14.2 Å². The number of hydrogen-bond acceptors (Lipinski definition) is 6. The Kier molecular flexibility index (Phi) is 4.21. The molecule has 0 N–H and O–H groups in total. The molecular weight excluding hydrogens is 361 g/mol. The molecule has 1 aliphatic rings. The molecule has 4 rings (SSSR count). The van der Waals surface area contributed by atoms with Crippen molar-refractivity contribution in [3.63, 3.8) is 0 Å². The van der Waals surface area contributed by atoms with Crippen molar-refractivity contribution in [3.8, 4) is 17.1 Å². The van der Waals surface area contributed by atoms with E-state index in [1.54, 1.807) is 6.07 Å². The quantitative estimate of drug-likeness (QED) is 0.694. The number of methoxy groups -OCH3 is 1. The van der Waals surface area contributed by atoms with Gasteiger partial charge in [0.15, 0.2) is 0 Å². The molecule has 6 nitrogen and oxygen atoms in total. The summed E-state index contributed by atoms with van der Waals surface area (Å²) in [4.78, 5) is 10.3. The minimum absolute atomic E-state index is 0.457. The van der Waals surface area contributed by atoms with Gasteiger partial charge in [0.2, 0.25) is 5.88 Å². The van der Waals surface area contributed by atoms with Gasteiger partial charge >= 0.3 is 6.18 Å². The summed E-state index contributed by atoms with van der Waals surface area (Å²) in [6.45, 7) is 1.16. The van der Waals surface area contributed by atoms with Gasteiger partial charge in [-0.05, 0) is 12.1 Å². The van der Waals surface area contributed by atoms with Gasteiger partial charge in [0, 0.05) is 30.2 Å². The topological polar surface area (TPSA) is 64.3 Å². The average Bonchev–Trinajstić information content (AvgIpc) is 3.10. The van der Waals surface area contributed by atoms with Gasteiger partial charge in [-0.3, -0.25) is 0 Å². The van der Waals surface area contributed by atoms with Gasteiger partial charge in [-0.1, -0.05) is 17.3 Å². The summed E-state index contributed by atoms with van der Waals surface area (Å²) in [6.07, 6.45) is -2.33. The van der Waals surface area contributed by atoms with Crippen molar-refractivity contribution in [2.75, 3.05) is 18.6 Å². The van der Waals surface area contributed by atoms with Crippen molar-refractivity contribution in [1.82, 2.24) is 15.1 Å². The van der Waals surface area contributed by atoms with Crippen molar-refractivity contribution in [2.45, 2.75) is 19.1 Å². The molecule has 0 atom stereocenters. The molecule has 1 aliphatic heterocycles. The van der Waals surface area contributed by atoms with Crippen LogP contribution in [0.5, 0.6) is 5.88 Å². The molecule has 0 saturated carbocycles. The summed E-state index contributed by atoms with van der Waals surface area (Å²) in [7, 11) is 1.53. The third-order valence-electron chi connectivity index (χ3n) is 4.47. The maximum atomic E-state index is 12.8. The summed E-state index contributed by atoms with van der Waals surface area (Å²) in [5.74, 6) is 1.90. The highest BCUT2D eigenvalue weighted by molar-refractivity contribution is 5.65. The number of anilines is 1. The smallest absolute Gasteiger partial charge is 0.416 e. The van der Waals surface area contributed by atoms with Crippen LogP contribution in [-0.4, -0.2) is 28.8 Å². The van der Waals surface area contributed by atoms with Crippen LogP contribution in [0.4, 0.5) is 19.0 Å². The molecule has 0 amide bonds. The van der Waals surface area contributed by atoms with Crippen molar-refractivity contribution in [2.24, 2.45) is 0 Å². The maximum Gasteiger partial charge on any atom is 0.416 e. The standard InChI is InChI=1S/C18H15F3N4O2/c1-26-16-8-15(22-10-23-16)25-7-6-14-13(9-25)17(24-27-14)11-2-4-12(5-3-11)18(19,20)21/h2-5,8,10H,6-7,9H2,1H3. The third kappa shape index (κ3) is 3.32. The fourth-order valence-electron chi connectivity index (χ4n) is 3.06. The van der Waals surface area contributed by atoms with Crippen LogP contribution in [0.3, 0.4) is 0 Å². The van der Waals surface area contributed by atoms with E-state index in [0.717, 1.165) is 23.5 Å². The molecule has 0 bridgehead atoms. The van der Waals surface area contributed by atoms with Gasteiger partial charge in [0.1, 0.15) is 23.6 Å². The van der Waals surface area contributed by atoms with Crippen molar-refractivity contribution in [3.05, 3.63) is 53.5 Å². The summed E-state index contributed by atoms with van der Waals surface area (Å²) in [5, 5.41) is 4.08. The zero-order chi connectivity index (χ0) is 19.0. The largest absolute Gasteiger partial charge is 0.481 e. The number of ether oxygens (including phenoxy) is 1. The molecule has 0 fully saturated rings. The lowest BCUT2D eigenvalue weighted by molar-refractivity contribution is -0.137. The maximum absolute atomic E-state index is 12.8. The normalized spacial score (nSPS) is 14.1. The van der Waals surface area contributed by atoms with Gasteiger partial charge in [-0.25, -0.2) is 9.97 Å². The molecule has 1 aromatic carbocycles. The first-order valence-electron chi connectivity index (χ1n) is 8.22. The highest BCUT2D eigenvalue weighted by Crippen LogP contribution is 2.34. The number of halogens is 3. The van der Waals surface area contributed by atoms with Crippen LogP contribution >= 0.6 is 0 Å². The SMILES string of the molecule is COc1cc(N2CCc3onc(-c4ccc(C(F)(F)F)cc4)c3C2)ncn1. The Hall–Kier alpha value is -3.10. The van der Waals surface area contributed by atoms with Gasteiger partial charge in [0.25, 0.3) is 0 Å². The number of hydrogen-bond donors (Lipinski definition) is 0. The van der Waals surface area contributed by atoms with E-state index in [2.05, 4.69) is 15.1 Å². The van der Waals surface area contributed by atoms with E-state index in [9.17, 15) is 13.2 Å². The Balaban J connectivity index is 1.63. The van der Waals surface area contributed by atoms with E-state index < -0.39 is 11.7 Å². The first kappa shape index (κ1) is 17.3. The van der Waals surface area contributed by atoms with Crippen LogP contribution in [0.15, 0.2) is 41.2 Å². The van der Waals surface area contributed by atoms with Crippen LogP contribution in [0.25, 0.3) is 11.3 Å². The number of rotatable bonds is 3. The molecular formula is C18H15F3N4O2. The minimum Gasteiger partial charge on any atom is -0.481 e. The van der Waals surface area contributed by atoms with Crippen molar-refractivity contribution in [1.29, 1.82) is 0 Å². The van der Waals surface area contributed by atoms with E-state index in [1.807, 2.05) is 4.90 Å². The fraction of sp³-hybridized carbons (Fsp3) is 0.278. The number of fused-ring (bicyclic) bond motifs is 1. The summed E-state index contributed by atoms with van der Waals surface area (Å²) < 4.78 is 48.9. The van der Waals surface area contributed by atoms with Gasteiger partial charge in [0.05, 0.1) is 19.2 Å². The predicted octanol–water partition coefficient (Wildman–Crippen LogP) is 3.72. The Morgan fingerprint density at radius 3 is 2.63 bits per heavy atom. The summed E-state index contributed by atoms with van der Waals surface area (Å²) in [5.41, 5.74) is 1.27. The summed E-state index contributed by atoms with van der Waals surface area (Å²) in [6, 6.07) is 6.65. The van der Waals surface area contributed by atoms with E-state index >= 15 is 0 Å². The molecule has 0 saturated heterocycles. The number of nitrogens with zero attached hydrogens (tertiary/aromatic N) is 4. The lowest BCUT2D eigenvalue weighted by Gasteiger charge is -2.27. The van der Waals surface area contributed by atoms with Crippen LogP contribution in [0, 0.1) is 0 Å². The third-order valence-corrected chi connectivity index (χ3v) is 4.47. The molecule has 3 heterocycles. The van der Waals surface area contributed by atoms with Crippen LogP contribution in [-0.2, 0) is 19.1 Å². The highest BCUT2D eigenvalue weighted by Gasteiger charge is 2.31. The molecule has 0 aliphatic carbocycles. The van der Waals surface area contributed by atoms with Gasteiger partial charge in [-0.15, -0.1) is 0 Å². The molecule has 0 unspecified atom stereocenters. The predicted molar refractivity (Wildman–Crippen MR) is 90.3 cm³/mol. The van der Waals surface area contributed by atoms with Gasteiger partial charge in [-0.2, -0.15) is 13.2 Å². The second kappa shape index (κ2) is 6.57.